The van der Waals surface area contributed by atoms with E-state index in [0.29, 0.717) is 106 Å². The van der Waals surface area contributed by atoms with Crippen molar-refractivity contribution in [3.8, 4) is 23.0 Å². The number of carboxylic acid groups (broad SMARTS) is 2. The molecule has 86 heavy (non-hydrogen) atoms. The van der Waals surface area contributed by atoms with Crippen LogP contribution in [0.1, 0.15) is 172 Å². The third-order valence-electron chi connectivity index (χ3n) is 15.6. The first-order chi connectivity index (χ1) is 40.5. The highest BCUT2D eigenvalue weighted by atomic mass is 35.5. The van der Waals surface area contributed by atoms with Gasteiger partial charge in [-0.3, -0.25) is 28.8 Å². The van der Waals surface area contributed by atoms with E-state index in [1.165, 1.54) is 0 Å². The number of ether oxygens (including phenoxy) is 7. The van der Waals surface area contributed by atoms with Gasteiger partial charge in [0.05, 0.1) is 46.3 Å². The van der Waals surface area contributed by atoms with E-state index < -0.39 is 23.6 Å². The lowest BCUT2D eigenvalue weighted by Gasteiger charge is -2.45. The Labute approximate surface area is 515 Å². The van der Waals surface area contributed by atoms with Crippen LogP contribution in [-0.2, 0) is 33.4 Å². The number of piperidine rings is 2. The van der Waals surface area contributed by atoms with Gasteiger partial charge >= 0.3 is 18.0 Å². The largest absolute Gasteiger partial charge is 0.493 e. The maximum absolute atomic E-state index is 14.1. The maximum atomic E-state index is 14.1. The number of hydrogen-bond acceptors (Lipinski definition) is 15. The molecule has 2 aromatic carbocycles. The van der Waals surface area contributed by atoms with Crippen LogP contribution in [0.2, 0.25) is 0 Å². The second-order valence-corrected chi connectivity index (χ2v) is 24.1. The average Bonchev–Trinajstić information content (AvgIpc) is 2.22. The van der Waals surface area contributed by atoms with Crippen LogP contribution in [0.25, 0.3) is 0 Å². The van der Waals surface area contributed by atoms with Crippen LogP contribution in [0.3, 0.4) is 0 Å². The molecule has 0 unspecified atom stereocenters. The Morgan fingerprint density at radius 2 is 1.02 bits per heavy atom. The van der Waals surface area contributed by atoms with Crippen molar-refractivity contribution in [2.75, 3.05) is 81.0 Å². The van der Waals surface area contributed by atoms with Crippen molar-refractivity contribution < 1.29 is 76.9 Å². The lowest BCUT2D eigenvalue weighted by atomic mass is 9.93. The van der Waals surface area contributed by atoms with Crippen molar-refractivity contribution >= 4 is 54.1 Å². The molecule has 2 saturated carbocycles. The number of nitrogens with zero attached hydrogens (tertiary/aromatic N) is 5. The molecule has 0 aromatic heterocycles. The number of rotatable bonds is 32. The minimum Gasteiger partial charge on any atom is -0.493 e. The average molecular weight is 1230 g/mol. The normalized spacial score (nSPS) is 18.4. The van der Waals surface area contributed by atoms with Gasteiger partial charge in [0.25, 0.3) is 11.8 Å². The van der Waals surface area contributed by atoms with Gasteiger partial charge in [-0.05, 0) is 149 Å². The Hall–Kier alpha value is -6.10. The maximum Gasteiger partial charge on any atom is 0.410 e. The Morgan fingerprint density at radius 1 is 0.581 bits per heavy atom. The molecule has 2 saturated heterocycles. The fourth-order valence-electron chi connectivity index (χ4n) is 11.1. The number of halogens is 1. The molecule has 2 aliphatic heterocycles. The van der Waals surface area contributed by atoms with Crippen LogP contribution >= 0.6 is 12.4 Å². The Kier molecular flexibility index (Phi) is 30.0. The number of benzene rings is 2. The van der Waals surface area contributed by atoms with E-state index in [9.17, 15) is 33.6 Å². The number of carbonyl (C=O) groups is 7. The third kappa shape index (κ3) is 22.9. The first-order valence-electron chi connectivity index (χ1n) is 30.5. The highest BCUT2D eigenvalue weighted by Crippen LogP contribution is 2.35. The SMILES string of the molecule is COCCCOc1cc(C(=O)N(C(C)C)[C@@H]2CC[C@H](CCN(C(=O)CCC(=O)O)C3CC3)N(C(=O)OC(C)(C)C)C2)ccc1OC.COCCCOc1cc(C(=O)N(C(C)C)[C@@H]2CC[C@H](CCN(C(=O)CCC(=O)O)C3CC3)NC2)ccc1OC.Cl. The van der Waals surface area contributed by atoms with Crippen molar-refractivity contribution in [3.05, 3.63) is 47.5 Å². The number of nitrogens with one attached hydrogen (secondary N) is 1. The molecule has 4 fully saturated rings. The molecular weight excluding hydrogens is 1130 g/mol. The molecule has 2 aliphatic carbocycles. The smallest absolute Gasteiger partial charge is 0.410 e. The predicted octanol–water partition coefficient (Wildman–Crippen LogP) is 8.72. The van der Waals surface area contributed by atoms with Crippen molar-refractivity contribution in [1.29, 1.82) is 0 Å². The molecule has 23 heteroatoms. The van der Waals surface area contributed by atoms with Gasteiger partial charge < -0.3 is 73.2 Å². The van der Waals surface area contributed by atoms with E-state index in [-0.39, 0.29) is 117 Å². The highest BCUT2D eigenvalue weighted by Gasteiger charge is 2.41. The summed E-state index contributed by atoms with van der Waals surface area (Å²) in [6, 6.07) is 10.6. The number of carbonyl (C=O) groups excluding carboxylic acids is 5. The first kappa shape index (κ1) is 72.4. The summed E-state index contributed by atoms with van der Waals surface area (Å²) in [4.78, 5) is 97.8. The molecule has 6 rings (SSSR count). The third-order valence-corrected chi connectivity index (χ3v) is 15.6. The highest BCUT2D eigenvalue weighted by molar-refractivity contribution is 5.96. The second-order valence-electron chi connectivity index (χ2n) is 24.1. The molecule has 4 aliphatic rings. The number of likely N-dealkylation sites (tertiary alicyclic amines) is 1. The summed E-state index contributed by atoms with van der Waals surface area (Å²) in [5, 5.41) is 21.6. The van der Waals surface area contributed by atoms with E-state index in [2.05, 4.69) is 5.32 Å². The zero-order valence-electron chi connectivity index (χ0n) is 52.8. The van der Waals surface area contributed by atoms with E-state index in [4.69, 9.17) is 43.4 Å². The first-order valence-corrected chi connectivity index (χ1v) is 30.5. The molecular formula is C63H99ClN6O16. The van der Waals surface area contributed by atoms with E-state index in [0.717, 1.165) is 51.4 Å². The summed E-state index contributed by atoms with van der Waals surface area (Å²) >= 11 is 0. The van der Waals surface area contributed by atoms with Crippen LogP contribution in [0.15, 0.2) is 36.4 Å². The predicted molar refractivity (Wildman–Crippen MR) is 327 cm³/mol. The lowest BCUT2D eigenvalue weighted by molar-refractivity contribution is -0.141. The fourth-order valence-corrected chi connectivity index (χ4v) is 11.1. The van der Waals surface area contributed by atoms with Crippen LogP contribution in [0.5, 0.6) is 23.0 Å². The van der Waals surface area contributed by atoms with E-state index in [1.807, 2.05) is 63.2 Å². The van der Waals surface area contributed by atoms with E-state index in [1.54, 1.807) is 74.6 Å². The second kappa shape index (κ2) is 35.6. The van der Waals surface area contributed by atoms with Crippen LogP contribution in [0, 0.1) is 0 Å². The Balaban J connectivity index is 0.000000369. The molecule has 484 valence electrons. The lowest BCUT2D eigenvalue weighted by Crippen LogP contribution is -2.58. The number of aliphatic carboxylic acids is 2. The minimum absolute atomic E-state index is 0. The van der Waals surface area contributed by atoms with Crippen molar-refractivity contribution in [2.24, 2.45) is 0 Å². The molecule has 0 radical (unpaired) electrons. The summed E-state index contributed by atoms with van der Waals surface area (Å²) in [5.74, 6) is -0.237. The van der Waals surface area contributed by atoms with Crippen LogP contribution in [0.4, 0.5) is 4.79 Å². The van der Waals surface area contributed by atoms with E-state index >= 15 is 0 Å². The van der Waals surface area contributed by atoms with Gasteiger partial charge in [-0.1, -0.05) is 0 Å². The summed E-state index contributed by atoms with van der Waals surface area (Å²) in [6.45, 7) is 17.5. The Morgan fingerprint density at radius 3 is 1.42 bits per heavy atom. The zero-order chi connectivity index (χ0) is 62.4. The van der Waals surface area contributed by atoms with Gasteiger partial charge in [0, 0.05) is 133 Å². The van der Waals surface area contributed by atoms with Crippen molar-refractivity contribution in [3.63, 3.8) is 0 Å². The number of amides is 5. The van der Waals surface area contributed by atoms with Crippen LogP contribution in [-0.4, -0.2) is 211 Å². The molecule has 3 N–H and O–H groups in total. The summed E-state index contributed by atoms with van der Waals surface area (Å²) < 4.78 is 38.7. The monoisotopic (exact) mass is 1230 g/mol. The quantitative estimate of drug-likeness (QED) is 0.0579. The molecule has 22 nitrogen and oxygen atoms in total. The van der Waals surface area contributed by atoms with Gasteiger partial charge in [-0.25, -0.2) is 4.79 Å². The molecule has 5 amide bonds. The molecule has 0 spiro atoms. The van der Waals surface area contributed by atoms with Gasteiger partial charge in [0.1, 0.15) is 5.60 Å². The number of methoxy groups -OCH3 is 4. The summed E-state index contributed by atoms with van der Waals surface area (Å²) in [6.07, 6.45) is 8.88. The van der Waals surface area contributed by atoms with Gasteiger partial charge in [0.2, 0.25) is 11.8 Å². The molecule has 4 atom stereocenters. The fraction of sp³-hybridized carbons (Fsp3) is 0.698. The molecule has 2 heterocycles. The topological polar surface area (TPSA) is 253 Å². The zero-order valence-corrected chi connectivity index (χ0v) is 53.6. The van der Waals surface area contributed by atoms with Gasteiger partial charge in [-0.15, -0.1) is 12.4 Å². The van der Waals surface area contributed by atoms with Crippen LogP contribution < -0.4 is 24.3 Å². The number of hydrogen-bond donors (Lipinski definition) is 3. The van der Waals surface area contributed by atoms with Gasteiger partial charge in [-0.2, -0.15) is 0 Å². The Bertz CT molecular complexity index is 2500. The van der Waals surface area contributed by atoms with Crippen molar-refractivity contribution in [1.82, 2.24) is 29.8 Å². The molecule has 0 bridgehead atoms. The summed E-state index contributed by atoms with van der Waals surface area (Å²) in [7, 11) is 6.42. The minimum atomic E-state index is -0.997. The number of carboxylic acids is 2. The van der Waals surface area contributed by atoms with Crippen molar-refractivity contribution in [2.45, 2.75) is 205 Å². The summed E-state index contributed by atoms with van der Waals surface area (Å²) in [5.41, 5.74) is 0.313. The van der Waals surface area contributed by atoms with Gasteiger partial charge in [0.15, 0.2) is 23.0 Å². The standard InChI is InChI=1S/C34H53N3O9.C29H45N3O7.ClH/c1-23(2)37(32(41)24-9-14-28(44-7)29(21-24)45-20-8-19-43-6)27-13-12-26(36(22-27)33(42)46-34(3,4)5)17-18-35(25-10-11-25)30(38)15-16-31(39)40;1-20(2)32(29(36)21-6-11-25(38-4)26(18-21)39-17-5-16-37-3)24-8-7-22(30-19-24)14-15-31(23-9-10-23)27(33)12-13-28(34)35;/h9,14,21,23,25-27H,8,10-13,15-20,22H2,1-7H3,(H,39,40);6,11,18,20,22-24,30H,5,7-10,12-17,19H2,1-4H3,(H,34,35);1H/t26-,27-;22-,24-;/m11./s1. The molecule has 2 aromatic rings.